The second-order valence-corrected chi connectivity index (χ2v) is 6.96. The molecule has 0 amide bonds. The van der Waals surface area contributed by atoms with Crippen molar-refractivity contribution < 1.29 is 17.9 Å². The van der Waals surface area contributed by atoms with Crippen LogP contribution in [-0.4, -0.2) is 39.4 Å². The smallest absolute Gasteiger partial charge is 0.246 e. The number of aromatic nitrogens is 3. The Morgan fingerprint density at radius 3 is 2.82 bits per heavy atom. The Balaban J connectivity index is 2.01. The molecule has 7 nitrogen and oxygen atoms in total. The van der Waals surface area contributed by atoms with Gasteiger partial charge in [-0.2, -0.15) is 4.31 Å². The van der Waals surface area contributed by atoms with Gasteiger partial charge in [0, 0.05) is 6.54 Å². The van der Waals surface area contributed by atoms with Crippen LogP contribution in [0.4, 0.5) is 4.39 Å². The van der Waals surface area contributed by atoms with Crippen LogP contribution < -0.4 is 0 Å². The Morgan fingerprint density at radius 2 is 2.14 bits per heavy atom. The third kappa shape index (κ3) is 2.31. The topological polar surface area (TPSA) is 88.3 Å². The number of aryl methyl sites for hydroxylation is 1. The number of aliphatic hydroxyl groups is 1. The molecule has 118 valence electrons. The summed E-state index contributed by atoms with van der Waals surface area (Å²) in [6, 6.07) is 4.17. The summed E-state index contributed by atoms with van der Waals surface area (Å²) in [6.45, 7) is 1.75. The fourth-order valence-electron chi connectivity index (χ4n) is 2.57. The Morgan fingerprint density at radius 1 is 1.36 bits per heavy atom. The summed E-state index contributed by atoms with van der Waals surface area (Å²) in [5.74, 6) is -0.764. The minimum atomic E-state index is -3.96. The summed E-state index contributed by atoms with van der Waals surface area (Å²) < 4.78 is 42.2. The summed E-state index contributed by atoms with van der Waals surface area (Å²) in [5, 5.41) is 16.9. The molecule has 1 aliphatic heterocycles. The van der Waals surface area contributed by atoms with Crippen molar-refractivity contribution in [3.05, 3.63) is 41.0 Å². The van der Waals surface area contributed by atoms with Gasteiger partial charge in [0.05, 0.1) is 25.4 Å². The Bertz CT molecular complexity index is 785. The van der Waals surface area contributed by atoms with E-state index in [0.717, 1.165) is 6.07 Å². The Hall–Kier alpha value is -1.84. The lowest BCUT2D eigenvalue weighted by molar-refractivity contribution is 0.270. The molecule has 1 N–H and O–H groups in total. The molecule has 22 heavy (non-hydrogen) atoms. The van der Waals surface area contributed by atoms with E-state index in [1.165, 1.54) is 10.4 Å². The Labute approximate surface area is 127 Å². The molecule has 0 saturated carbocycles. The van der Waals surface area contributed by atoms with Crippen LogP contribution in [0.25, 0.3) is 0 Å². The molecule has 0 radical (unpaired) electrons. The minimum Gasteiger partial charge on any atom is -0.390 e. The van der Waals surface area contributed by atoms with Gasteiger partial charge in [-0.3, -0.25) is 0 Å². The van der Waals surface area contributed by atoms with Crippen molar-refractivity contribution in [1.82, 2.24) is 19.3 Å². The van der Waals surface area contributed by atoms with Crippen LogP contribution in [0.3, 0.4) is 0 Å². The molecule has 0 bridgehead atoms. The van der Waals surface area contributed by atoms with Crippen LogP contribution in [0.2, 0.25) is 0 Å². The highest BCUT2D eigenvalue weighted by Gasteiger charge is 2.33. The summed E-state index contributed by atoms with van der Waals surface area (Å²) >= 11 is 0. The van der Waals surface area contributed by atoms with Crippen molar-refractivity contribution in [2.24, 2.45) is 0 Å². The van der Waals surface area contributed by atoms with E-state index in [1.807, 2.05) is 0 Å². The maximum Gasteiger partial charge on any atom is 0.246 e. The van der Waals surface area contributed by atoms with Gasteiger partial charge in [0.1, 0.15) is 16.4 Å². The van der Waals surface area contributed by atoms with Crippen LogP contribution in [-0.2, 0) is 29.7 Å². The fraction of sp³-hybridized carbons (Fsp3) is 0.385. The highest BCUT2D eigenvalue weighted by Crippen LogP contribution is 2.26. The van der Waals surface area contributed by atoms with Gasteiger partial charge in [-0.25, -0.2) is 17.5 Å². The number of rotatable bonds is 3. The zero-order chi connectivity index (χ0) is 15.9. The predicted octanol–water partition coefficient (Wildman–Crippen LogP) is 0.422. The van der Waals surface area contributed by atoms with E-state index in [9.17, 15) is 17.9 Å². The third-order valence-corrected chi connectivity index (χ3v) is 5.74. The maximum atomic E-state index is 14.0. The largest absolute Gasteiger partial charge is 0.390 e. The number of halogens is 1. The quantitative estimate of drug-likeness (QED) is 0.883. The predicted molar refractivity (Wildman–Crippen MR) is 74.7 cm³/mol. The average molecular weight is 326 g/mol. The zero-order valence-electron chi connectivity index (χ0n) is 11.9. The normalized spacial score (nSPS) is 15.8. The zero-order valence-corrected chi connectivity index (χ0v) is 12.7. The van der Waals surface area contributed by atoms with Crippen molar-refractivity contribution in [1.29, 1.82) is 0 Å². The second kappa shape index (κ2) is 5.41. The van der Waals surface area contributed by atoms with E-state index >= 15 is 0 Å². The van der Waals surface area contributed by atoms with Gasteiger partial charge in [0.25, 0.3) is 0 Å². The van der Waals surface area contributed by atoms with E-state index < -0.39 is 15.8 Å². The van der Waals surface area contributed by atoms with Crippen molar-refractivity contribution in [2.75, 3.05) is 6.54 Å². The molecule has 0 spiro atoms. The van der Waals surface area contributed by atoms with Crippen molar-refractivity contribution in [2.45, 2.75) is 31.5 Å². The molecule has 0 atom stereocenters. The van der Waals surface area contributed by atoms with E-state index in [1.54, 1.807) is 17.7 Å². The summed E-state index contributed by atoms with van der Waals surface area (Å²) in [7, 11) is -3.96. The lowest BCUT2D eigenvalue weighted by Gasteiger charge is -2.27. The van der Waals surface area contributed by atoms with E-state index in [0.29, 0.717) is 23.5 Å². The summed E-state index contributed by atoms with van der Waals surface area (Å²) in [5.41, 5.74) is 1.23. The van der Waals surface area contributed by atoms with Gasteiger partial charge in [-0.1, -0.05) is 17.3 Å². The monoisotopic (exact) mass is 326 g/mol. The molecule has 1 aromatic heterocycles. The number of hydrogen-bond acceptors (Lipinski definition) is 5. The SMILES string of the molecule is Cc1cccc(F)c1S(=O)(=O)N1CCn2nnc(CO)c2C1. The highest BCUT2D eigenvalue weighted by molar-refractivity contribution is 7.89. The van der Waals surface area contributed by atoms with Crippen LogP contribution in [0.15, 0.2) is 23.1 Å². The van der Waals surface area contributed by atoms with E-state index in [2.05, 4.69) is 10.3 Å². The number of fused-ring (bicyclic) bond motifs is 1. The second-order valence-electron chi connectivity index (χ2n) is 5.09. The molecule has 3 rings (SSSR count). The number of nitrogens with zero attached hydrogens (tertiary/aromatic N) is 4. The molecule has 1 aromatic carbocycles. The van der Waals surface area contributed by atoms with Crippen LogP contribution in [0.1, 0.15) is 17.0 Å². The van der Waals surface area contributed by atoms with Gasteiger partial charge in [-0.15, -0.1) is 5.10 Å². The first-order valence-electron chi connectivity index (χ1n) is 6.72. The van der Waals surface area contributed by atoms with Crippen molar-refractivity contribution in [3.8, 4) is 0 Å². The molecule has 2 heterocycles. The molecular weight excluding hydrogens is 311 g/mol. The van der Waals surface area contributed by atoms with Crippen LogP contribution in [0, 0.1) is 12.7 Å². The maximum absolute atomic E-state index is 14.0. The minimum absolute atomic E-state index is 0.0129. The van der Waals surface area contributed by atoms with Crippen LogP contribution >= 0.6 is 0 Å². The third-order valence-electron chi connectivity index (χ3n) is 3.72. The summed E-state index contributed by atoms with van der Waals surface area (Å²) in [6.07, 6.45) is 0. The highest BCUT2D eigenvalue weighted by atomic mass is 32.2. The average Bonchev–Trinajstić information content (AvgIpc) is 2.89. The van der Waals surface area contributed by atoms with Crippen LogP contribution in [0.5, 0.6) is 0 Å². The first-order valence-corrected chi connectivity index (χ1v) is 8.16. The Kier molecular flexibility index (Phi) is 3.71. The standard InChI is InChI=1S/C13H15FN4O3S/c1-9-3-2-4-10(14)13(9)22(20,21)17-5-6-18-12(7-17)11(8-19)15-16-18/h2-4,19H,5-8H2,1H3. The molecule has 0 unspecified atom stereocenters. The van der Waals surface area contributed by atoms with E-state index in [-0.39, 0.29) is 24.6 Å². The van der Waals surface area contributed by atoms with Crippen molar-refractivity contribution >= 4 is 10.0 Å². The lowest BCUT2D eigenvalue weighted by Crippen LogP contribution is -2.39. The molecule has 2 aromatic rings. The number of hydrogen-bond donors (Lipinski definition) is 1. The van der Waals surface area contributed by atoms with E-state index in [4.69, 9.17) is 0 Å². The van der Waals surface area contributed by atoms with Gasteiger partial charge in [0.15, 0.2) is 0 Å². The molecule has 0 aliphatic carbocycles. The first kappa shape index (κ1) is 15.1. The number of aliphatic hydroxyl groups excluding tert-OH is 1. The van der Waals surface area contributed by atoms with Gasteiger partial charge in [-0.05, 0) is 18.6 Å². The molecule has 0 saturated heterocycles. The van der Waals surface area contributed by atoms with Gasteiger partial charge >= 0.3 is 0 Å². The van der Waals surface area contributed by atoms with Gasteiger partial charge in [0.2, 0.25) is 10.0 Å². The molecule has 9 heteroatoms. The lowest BCUT2D eigenvalue weighted by atomic mass is 10.2. The fourth-order valence-corrected chi connectivity index (χ4v) is 4.24. The summed E-state index contributed by atoms with van der Waals surface area (Å²) in [4.78, 5) is -0.304. The van der Waals surface area contributed by atoms with Gasteiger partial charge < -0.3 is 5.11 Å². The van der Waals surface area contributed by atoms with Crippen molar-refractivity contribution in [3.63, 3.8) is 0 Å². The molecular formula is C13H15FN4O3S. The molecule has 0 fully saturated rings. The number of sulfonamides is 1. The first-order chi connectivity index (χ1) is 10.4. The number of benzene rings is 1. The molecule has 1 aliphatic rings.